The molecule has 0 aliphatic rings. The third-order valence-corrected chi connectivity index (χ3v) is 2.22. The Bertz CT molecular complexity index is 379. The molecule has 1 aromatic rings. The standard InChI is InChI=1S/C11H14F3NO2/c1-7-2-3-9(11(12,13)14)10(4-7)15-5-8(17)6-16/h2-4,8,15-17H,5-6H2,1H3. The van der Waals surface area contributed by atoms with Crippen LogP contribution in [-0.4, -0.2) is 29.5 Å². The van der Waals surface area contributed by atoms with Gasteiger partial charge in [-0.2, -0.15) is 13.2 Å². The van der Waals surface area contributed by atoms with Crippen LogP contribution in [0.25, 0.3) is 0 Å². The van der Waals surface area contributed by atoms with Crippen LogP contribution in [0, 0.1) is 6.92 Å². The lowest BCUT2D eigenvalue weighted by atomic mass is 10.1. The molecule has 17 heavy (non-hydrogen) atoms. The topological polar surface area (TPSA) is 52.5 Å². The van der Waals surface area contributed by atoms with E-state index in [1.807, 2.05) is 0 Å². The molecule has 1 rings (SSSR count). The lowest BCUT2D eigenvalue weighted by molar-refractivity contribution is -0.137. The minimum absolute atomic E-state index is 0.0926. The van der Waals surface area contributed by atoms with Crippen LogP contribution in [0.5, 0.6) is 0 Å². The van der Waals surface area contributed by atoms with E-state index >= 15 is 0 Å². The maximum Gasteiger partial charge on any atom is 0.418 e. The molecule has 0 heterocycles. The Balaban J connectivity index is 2.92. The third kappa shape index (κ3) is 3.90. The molecule has 0 aliphatic carbocycles. The second-order valence-corrected chi connectivity index (χ2v) is 3.76. The minimum Gasteiger partial charge on any atom is -0.394 e. The Morgan fingerprint density at radius 1 is 1.35 bits per heavy atom. The van der Waals surface area contributed by atoms with Crippen molar-refractivity contribution < 1.29 is 23.4 Å². The lowest BCUT2D eigenvalue weighted by Gasteiger charge is -2.16. The Morgan fingerprint density at radius 3 is 2.53 bits per heavy atom. The third-order valence-electron chi connectivity index (χ3n) is 2.22. The number of nitrogens with one attached hydrogen (secondary N) is 1. The first-order chi connectivity index (χ1) is 7.84. The normalized spacial score (nSPS) is 13.5. The molecule has 1 aromatic carbocycles. The second kappa shape index (κ2) is 5.37. The molecule has 6 heteroatoms. The minimum atomic E-state index is -4.44. The van der Waals surface area contributed by atoms with Gasteiger partial charge in [0.1, 0.15) is 0 Å². The second-order valence-electron chi connectivity index (χ2n) is 3.76. The molecular formula is C11H14F3NO2. The molecule has 0 fully saturated rings. The van der Waals surface area contributed by atoms with Crippen LogP contribution in [0.2, 0.25) is 0 Å². The zero-order chi connectivity index (χ0) is 13.1. The van der Waals surface area contributed by atoms with Crippen LogP contribution in [0.1, 0.15) is 11.1 Å². The Labute approximate surface area is 96.9 Å². The first-order valence-corrected chi connectivity index (χ1v) is 5.05. The number of aryl methyl sites for hydroxylation is 1. The SMILES string of the molecule is Cc1ccc(C(F)(F)F)c(NCC(O)CO)c1. The van der Waals surface area contributed by atoms with Crippen molar-refractivity contribution >= 4 is 5.69 Å². The Kier molecular flexibility index (Phi) is 4.36. The van der Waals surface area contributed by atoms with Gasteiger partial charge in [-0.1, -0.05) is 6.07 Å². The molecular weight excluding hydrogens is 235 g/mol. The number of hydrogen-bond acceptors (Lipinski definition) is 3. The maximum absolute atomic E-state index is 12.6. The van der Waals surface area contributed by atoms with Crippen molar-refractivity contribution in [2.75, 3.05) is 18.5 Å². The van der Waals surface area contributed by atoms with Crippen LogP contribution in [0.4, 0.5) is 18.9 Å². The predicted octanol–water partition coefficient (Wildman–Crippen LogP) is 1.78. The highest BCUT2D eigenvalue weighted by Gasteiger charge is 2.33. The van der Waals surface area contributed by atoms with Gasteiger partial charge < -0.3 is 15.5 Å². The van der Waals surface area contributed by atoms with Gasteiger partial charge in [-0.3, -0.25) is 0 Å². The summed E-state index contributed by atoms with van der Waals surface area (Å²) in [6.45, 7) is 1.04. The molecule has 1 atom stereocenters. The van der Waals surface area contributed by atoms with Crippen molar-refractivity contribution in [3.8, 4) is 0 Å². The highest BCUT2D eigenvalue weighted by Crippen LogP contribution is 2.35. The highest BCUT2D eigenvalue weighted by atomic mass is 19.4. The molecule has 1 unspecified atom stereocenters. The van der Waals surface area contributed by atoms with E-state index in [1.54, 1.807) is 6.92 Å². The summed E-state index contributed by atoms with van der Waals surface area (Å²) in [5, 5.41) is 20.2. The van der Waals surface area contributed by atoms with Gasteiger partial charge in [0.25, 0.3) is 0 Å². The summed E-state index contributed by atoms with van der Waals surface area (Å²) in [4.78, 5) is 0. The van der Waals surface area contributed by atoms with Crippen LogP contribution < -0.4 is 5.32 Å². The van der Waals surface area contributed by atoms with Gasteiger partial charge in [-0.15, -0.1) is 0 Å². The van der Waals surface area contributed by atoms with E-state index in [0.29, 0.717) is 5.56 Å². The van der Waals surface area contributed by atoms with Gasteiger partial charge >= 0.3 is 6.18 Å². The van der Waals surface area contributed by atoms with E-state index in [2.05, 4.69) is 5.32 Å². The van der Waals surface area contributed by atoms with Gasteiger partial charge in [0, 0.05) is 12.2 Å². The average molecular weight is 249 g/mol. The van der Waals surface area contributed by atoms with Crippen LogP contribution >= 0.6 is 0 Å². The van der Waals surface area contributed by atoms with Crippen LogP contribution in [0.15, 0.2) is 18.2 Å². The molecule has 0 bridgehead atoms. The first-order valence-electron chi connectivity index (χ1n) is 5.05. The van der Waals surface area contributed by atoms with E-state index in [-0.39, 0.29) is 12.2 Å². The summed E-state index contributed by atoms with van der Waals surface area (Å²) in [7, 11) is 0. The Hall–Kier alpha value is -1.27. The van der Waals surface area contributed by atoms with Crippen LogP contribution in [-0.2, 0) is 6.18 Å². The van der Waals surface area contributed by atoms with E-state index in [1.165, 1.54) is 12.1 Å². The van der Waals surface area contributed by atoms with E-state index < -0.39 is 24.5 Å². The fourth-order valence-corrected chi connectivity index (χ4v) is 1.34. The quantitative estimate of drug-likeness (QED) is 0.762. The number of aliphatic hydroxyl groups is 2. The molecule has 3 N–H and O–H groups in total. The molecule has 0 saturated carbocycles. The fraction of sp³-hybridized carbons (Fsp3) is 0.455. The van der Waals surface area contributed by atoms with Gasteiger partial charge in [-0.05, 0) is 24.6 Å². The number of hydrogen-bond donors (Lipinski definition) is 3. The van der Waals surface area contributed by atoms with Crippen molar-refractivity contribution in [1.82, 2.24) is 0 Å². The average Bonchev–Trinajstić information content (AvgIpc) is 2.24. The van der Waals surface area contributed by atoms with Crippen molar-refractivity contribution in [3.63, 3.8) is 0 Å². The molecule has 96 valence electrons. The fourth-order valence-electron chi connectivity index (χ4n) is 1.34. The van der Waals surface area contributed by atoms with E-state index in [4.69, 9.17) is 10.2 Å². The van der Waals surface area contributed by atoms with Crippen LogP contribution in [0.3, 0.4) is 0 Å². The molecule has 0 amide bonds. The molecule has 0 aliphatic heterocycles. The van der Waals surface area contributed by atoms with Crippen molar-refractivity contribution in [3.05, 3.63) is 29.3 Å². The molecule has 3 nitrogen and oxygen atoms in total. The Morgan fingerprint density at radius 2 is 2.00 bits per heavy atom. The molecule has 0 aromatic heterocycles. The monoisotopic (exact) mass is 249 g/mol. The summed E-state index contributed by atoms with van der Waals surface area (Å²) >= 11 is 0. The lowest BCUT2D eigenvalue weighted by Crippen LogP contribution is -2.24. The van der Waals surface area contributed by atoms with Gasteiger partial charge in [0.05, 0.1) is 18.3 Å². The summed E-state index contributed by atoms with van der Waals surface area (Å²) in [5.74, 6) is 0. The molecule has 0 saturated heterocycles. The number of alkyl halides is 3. The zero-order valence-corrected chi connectivity index (χ0v) is 9.25. The number of aliphatic hydroxyl groups excluding tert-OH is 2. The van der Waals surface area contributed by atoms with Gasteiger partial charge in [0.15, 0.2) is 0 Å². The predicted molar refractivity (Wildman–Crippen MR) is 57.8 cm³/mol. The number of rotatable bonds is 4. The van der Waals surface area contributed by atoms with Gasteiger partial charge in [0.2, 0.25) is 0 Å². The van der Waals surface area contributed by atoms with E-state index in [0.717, 1.165) is 6.07 Å². The molecule has 0 spiro atoms. The van der Waals surface area contributed by atoms with Crippen molar-refractivity contribution in [1.29, 1.82) is 0 Å². The highest BCUT2D eigenvalue weighted by molar-refractivity contribution is 5.54. The summed E-state index contributed by atoms with van der Waals surface area (Å²) < 4.78 is 37.9. The van der Waals surface area contributed by atoms with Crippen molar-refractivity contribution in [2.24, 2.45) is 0 Å². The number of halogens is 3. The summed E-state index contributed by atoms with van der Waals surface area (Å²) in [6.07, 6.45) is -5.53. The number of anilines is 1. The largest absolute Gasteiger partial charge is 0.418 e. The van der Waals surface area contributed by atoms with E-state index in [9.17, 15) is 13.2 Å². The van der Waals surface area contributed by atoms with Crippen molar-refractivity contribution in [2.45, 2.75) is 19.2 Å². The number of benzene rings is 1. The smallest absolute Gasteiger partial charge is 0.394 e. The van der Waals surface area contributed by atoms with Gasteiger partial charge in [-0.25, -0.2) is 0 Å². The summed E-state index contributed by atoms with van der Waals surface area (Å²) in [5.41, 5.74) is -0.197. The maximum atomic E-state index is 12.6. The first kappa shape index (κ1) is 13.8. The zero-order valence-electron chi connectivity index (χ0n) is 9.25. The molecule has 0 radical (unpaired) electrons. The summed E-state index contributed by atoms with van der Waals surface area (Å²) in [6, 6.07) is 3.71.